The molecule has 0 aromatic carbocycles. The maximum Gasteiger partial charge on any atom is 0.230 e. The van der Waals surface area contributed by atoms with Crippen molar-refractivity contribution in [1.82, 2.24) is 25.1 Å². The minimum Gasteiger partial charge on any atom is -0.467 e. The van der Waals surface area contributed by atoms with Crippen LogP contribution in [0.1, 0.15) is 32.4 Å². The molecule has 3 heterocycles. The van der Waals surface area contributed by atoms with Crippen molar-refractivity contribution in [3.63, 3.8) is 0 Å². The number of carbonyl (C=O) groups is 1. The molecular formula is C19H23N5O2S. The van der Waals surface area contributed by atoms with E-state index in [-0.39, 0.29) is 17.7 Å². The van der Waals surface area contributed by atoms with Crippen LogP contribution in [0, 0.1) is 0 Å². The number of aromatic nitrogens is 4. The summed E-state index contributed by atoms with van der Waals surface area (Å²) in [7, 11) is 0. The second-order valence-electron chi connectivity index (χ2n) is 6.26. The highest BCUT2D eigenvalue weighted by Crippen LogP contribution is 2.24. The van der Waals surface area contributed by atoms with E-state index in [2.05, 4.69) is 27.4 Å². The molecule has 8 heteroatoms. The highest BCUT2D eigenvalue weighted by molar-refractivity contribution is 7.99. The Hall–Kier alpha value is -2.61. The molecule has 0 aliphatic carbocycles. The van der Waals surface area contributed by atoms with Crippen LogP contribution >= 0.6 is 11.8 Å². The summed E-state index contributed by atoms with van der Waals surface area (Å²) in [6.45, 7) is 4.61. The van der Waals surface area contributed by atoms with E-state index in [0.717, 1.165) is 24.2 Å². The smallest absolute Gasteiger partial charge is 0.230 e. The van der Waals surface area contributed by atoms with E-state index in [4.69, 9.17) is 4.42 Å². The Balaban J connectivity index is 1.76. The summed E-state index contributed by atoms with van der Waals surface area (Å²) < 4.78 is 7.42. The molecule has 1 amide bonds. The second-order valence-corrected chi connectivity index (χ2v) is 7.20. The average molecular weight is 385 g/mol. The molecule has 3 rings (SSSR count). The van der Waals surface area contributed by atoms with E-state index in [0.29, 0.717) is 17.5 Å². The van der Waals surface area contributed by atoms with Crippen molar-refractivity contribution in [2.75, 3.05) is 5.75 Å². The molecule has 3 aromatic rings. The molecule has 7 nitrogen and oxygen atoms in total. The maximum absolute atomic E-state index is 12.2. The fourth-order valence-corrected chi connectivity index (χ4v) is 3.51. The zero-order valence-electron chi connectivity index (χ0n) is 15.5. The first-order chi connectivity index (χ1) is 13.2. The lowest BCUT2D eigenvalue weighted by Gasteiger charge is -2.12. The van der Waals surface area contributed by atoms with E-state index >= 15 is 0 Å². The van der Waals surface area contributed by atoms with Crippen LogP contribution in [0.2, 0.25) is 0 Å². The van der Waals surface area contributed by atoms with Crippen LogP contribution in [0.4, 0.5) is 0 Å². The number of pyridine rings is 1. The number of carbonyl (C=O) groups excluding carboxylic acids is 1. The molecule has 0 aliphatic rings. The van der Waals surface area contributed by atoms with Gasteiger partial charge in [-0.15, -0.1) is 10.2 Å². The number of hydrogen-bond acceptors (Lipinski definition) is 6. The highest BCUT2D eigenvalue weighted by Gasteiger charge is 2.17. The minimum absolute atomic E-state index is 0.00331. The summed E-state index contributed by atoms with van der Waals surface area (Å²) in [6.07, 6.45) is 7.11. The molecule has 142 valence electrons. The van der Waals surface area contributed by atoms with Crippen molar-refractivity contribution < 1.29 is 9.21 Å². The Morgan fingerprint density at radius 2 is 2.22 bits per heavy atom. The molecule has 0 bridgehead atoms. The molecule has 0 spiro atoms. The molecule has 0 saturated carbocycles. The fraction of sp³-hybridized carbons (Fsp3) is 0.368. The third-order valence-corrected chi connectivity index (χ3v) is 4.96. The van der Waals surface area contributed by atoms with Gasteiger partial charge in [-0.3, -0.25) is 14.3 Å². The van der Waals surface area contributed by atoms with Crippen LogP contribution < -0.4 is 5.32 Å². The van der Waals surface area contributed by atoms with E-state index in [9.17, 15) is 4.79 Å². The molecule has 0 fully saturated rings. The van der Waals surface area contributed by atoms with Crippen LogP contribution in [0.3, 0.4) is 0 Å². The predicted molar refractivity (Wildman–Crippen MR) is 104 cm³/mol. The zero-order valence-corrected chi connectivity index (χ0v) is 16.3. The van der Waals surface area contributed by atoms with Gasteiger partial charge in [-0.25, -0.2) is 0 Å². The highest BCUT2D eigenvalue weighted by atomic mass is 32.2. The van der Waals surface area contributed by atoms with E-state index in [1.54, 1.807) is 18.7 Å². The Labute approximate surface area is 162 Å². The van der Waals surface area contributed by atoms with Gasteiger partial charge < -0.3 is 9.73 Å². The number of amides is 1. The van der Waals surface area contributed by atoms with Gasteiger partial charge in [0.2, 0.25) is 5.91 Å². The zero-order chi connectivity index (χ0) is 19.1. The van der Waals surface area contributed by atoms with Gasteiger partial charge in [-0.2, -0.15) is 0 Å². The van der Waals surface area contributed by atoms with Gasteiger partial charge in [0.15, 0.2) is 11.0 Å². The predicted octanol–water partition coefficient (Wildman–Crippen LogP) is 3.38. The number of furan rings is 1. The molecule has 3 aromatic heterocycles. The van der Waals surface area contributed by atoms with Gasteiger partial charge in [0.05, 0.1) is 18.6 Å². The fourth-order valence-electron chi connectivity index (χ4n) is 2.76. The molecule has 0 radical (unpaired) electrons. The first-order valence-corrected chi connectivity index (χ1v) is 9.94. The first kappa shape index (κ1) is 19.2. The minimum atomic E-state index is -0.00331. The lowest BCUT2D eigenvalue weighted by molar-refractivity contribution is -0.119. The summed E-state index contributed by atoms with van der Waals surface area (Å²) in [5.74, 6) is 1.78. The maximum atomic E-state index is 12.2. The number of thioether (sulfide) groups is 1. The second kappa shape index (κ2) is 9.36. The van der Waals surface area contributed by atoms with E-state index < -0.39 is 0 Å². The molecule has 1 N–H and O–H groups in total. The number of nitrogens with one attached hydrogen (secondary N) is 1. The first-order valence-electron chi connectivity index (χ1n) is 8.95. The van der Waals surface area contributed by atoms with Crippen molar-refractivity contribution in [3.8, 4) is 11.4 Å². The monoisotopic (exact) mass is 385 g/mol. The summed E-state index contributed by atoms with van der Waals surface area (Å²) in [6, 6.07) is 7.72. The SMILES string of the molecule is CCCC(C)NC(=O)CSc1nnc(-c2cccnc2)n1Cc1ccco1. The molecular weight excluding hydrogens is 362 g/mol. The number of rotatable bonds is 9. The Kier molecular flexibility index (Phi) is 6.64. The summed E-state index contributed by atoms with van der Waals surface area (Å²) in [4.78, 5) is 16.3. The van der Waals surface area contributed by atoms with Crippen molar-refractivity contribution in [2.45, 2.75) is 44.4 Å². The molecule has 0 aliphatic heterocycles. The Morgan fingerprint density at radius 3 is 2.93 bits per heavy atom. The van der Waals surface area contributed by atoms with E-state index in [1.807, 2.05) is 35.8 Å². The van der Waals surface area contributed by atoms with Crippen LogP contribution in [-0.4, -0.2) is 37.5 Å². The molecule has 1 unspecified atom stereocenters. The standard InChI is InChI=1S/C19H23N5O2S/c1-3-6-14(2)21-17(25)13-27-19-23-22-18(15-7-4-9-20-11-15)24(19)12-16-8-5-10-26-16/h4-5,7-11,14H,3,6,12-13H2,1-2H3,(H,21,25). The van der Waals surface area contributed by atoms with Gasteiger partial charge in [0.25, 0.3) is 0 Å². The molecule has 0 saturated heterocycles. The van der Waals surface area contributed by atoms with E-state index in [1.165, 1.54) is 11.8 Å². The van der Waals surface area contributed by atoms with Crippen LogP contribution in [0.5, 0.6) is 0 Å². The third-order valence-electron chi connectivity index (χ3n) is 3.99. The van der Waals surface area contributed by atoms with Crippen LogP contribution in [-0.2, 0) is 11.3 Å². The lowest BCUT2D eigenvalue weighted by atomic mass is 10.2. The normalized spacial score (nSPS) is 12.1. The Bertz CT molecular complexity index is 848. The van der Waals surface area contributed by atoms with Crippen molar-refractivity contribution in [3.05, 3.63) is 48.7 Å². The van der Waals surface area contributed by atoms with Gasteiger partial charge >= 0.3 is 0 Å². The van der Waals surface area contributed by atoms with Gasteiger partial charge in [0, 0.05) is 24.0 Å². The number of nitrogens with zero attached hydrogens (tertiary/aromatic N) is 4. The lowest BCUT2D eigenvalue weighted by Crippen LogP contribution is -2.33. The van der Waals surface area contributed by atoms with Crippen molar-refractivity contribution in [1.29, 1.82) is 0 Å². The van der Waals surface area contributed by atoms with Gasteiger partial charge in [0.1, 0.15) is 5.76 Å². The Morgan fingerprint density at radius 1 is 1.33 bits per heavy atom. The summed E-state index contributed by atoms with van der Waals surface area (Å²) >= 11 is 1.37. The van der Waals surface area contributed by atoms with Crippen molar-refractivity contribution >= 4 is 17.7 Å². The number of hydrogen-bond donors (Lipinski definition) is 1. The summed E-state index contributed by atoms with van der Waals surface area (Å²) in [5.41, 5.74) is 0.865. The van der Waals surface area contributed by atoms with Gasteiger partial charge in [-0.05, 0) is 37.6 Å². The summed E-state index contributed by atoms with van der Waals surface area (Å²) in [5, 5.41) is 12.3. The van der Waals surface area contributed by atoms with Crippen LogP contribution in [0.25, 0.3) is 11.4 Å². The average Bonchev–Trinajstić information content (AvgIpc) is 3.31. The largest absolute Gasteiger partial charge is 0.467 e. The van der Waals surface area contributed by atoms with Crippen molar-refractivity contribution in [2.24, 2.45) is 0 Å². The molecule has 27 heavy (non-hydrogen) atoms. The van der Waals surface area contributed by atoms with Gasteiger partial charge in [-0.1, -0.05) is 25.1 Å². The topological polar surface area (TPSA) is 85.8 Å². The third kappa shape index (κ3) is 5.19. The van der Waals surface area contributed by atoms with Crippen LogP contribution in [0.15, 0.2) is 52.5 Å². The molecule has 1 atom stereocenters. The quantitative estimate of drug-likeness (QED) is 0.568.